The molecule has 0 saturated carbocycles. The van der Waals surface area contributed by atoms with E-state index in [1.54, 1.807) is 0 Å². The lowest BCUT2D eigenvalue weighted by Crippen LogP contribution is -1.92. The van der Waals surface area contributed by atoms with Crippen LogP contribution in [-0.2, 0) is 4.57 Å². The molecule has 2 N–H and O–H groups in total. The van der Waals surface area contributed by atoms with Gasteiger partial charge in [-0.15, -0.1) is 27.3 Å². The summed E-state index contributed by atoms with van der Waals surface area (Å²) in [7, 11) is -2.87. The van der Waals surface area contributed by atoms with Gasteiger partial charge in [-0.05, 0) is 0 Å². The molecule has 0 bridgehead atoms. The lowest BCUT2D eigenvalue weighted by atomic mass is 11.5. The molecule has 0 aromatic rings. The molecular formula is CH2F4O3P+. The second kappa shape index (κ2) is 4.60. The first kappa shape index (κ1) is 11.5. The third-order valence-electron chi connectivity index (χ3n) is 0. The Kier molecular flexibility index (Phi) is 5.89. The van der Waals surface area contributed by atoms with E-state index in [4.69, 9.17) is 14.4 Å². The van der Waals surface area contributed by atoms with Gasteiger partial charge in [-0.3, -0.25) is 0 Å². The van der Waals surface area contributed by atoms with Gasteiger partial charge >= 0.3 is 14.7 Å². The van der Waals surface area contributed by atoms with Gasteiger partial charge in [0.25, 0.3) is 0 Å². The van der Waals surface area contributed by atoms with Crippen LogP contribution in [0.2, 0.25) is 0 Å². The predicted molar refractivity (Wildman–Crippen MR) is 19.2 cm³/mol. The Hall–Kier alpha value is -0.260. The molecule has 0 aliphatic rings. The van der Waals surface area contributed by atoms with Crippen LogP contribution >= 0.6 is 8.25 Å². The van der Waals surface area contributed by atoms with Crippen molar-refractivity contribution in [1.82, 2.24) is 0 Å². The Morgan fingerprint density at radius 3 is 1.11 bits per heavy atom. The highest BCUT2D eigenvalue weighted by molar-refractivity contribution is 7.30. The first-order chi connectivity index (χ1) is 3.73. The Balaban J connectivity index is 0. The van der Waals surface area contributed by atoms with Gasteiger partial charge in [0.05, 0.1) is 0 Å². The van der Waals surface area contributed by atoms with Crippen LogP contribution in [0.4, 0.5) is 17.6 Å². The van der Waals surface area contributed by atoms with Crippen LogP contribution in [0.3, 0.4) is 0 Å². The van der Waals surface area contributed by atoms with Crippen LogP contribution in [0.1, 0.15) is 0 Å². The highest BCUT2D eigenvalue weighted by Gasteiger charge is 2.24. The van der Waals surface area contributed by atoms with E-state index in [1.165, 1.54) is 0 Å². The maximum absolute atomic E-state index is 9.69. The second-order valence-corrected chi connectivity index (χ2v) is 1.19. The van der Waals surface area contributed by atoms with E-state index < -0.39 is 14.7 Å². The number of rotatable bonds is 0. The van der Waals surface area contributed by atoms with Gasteiger partial charge in [-0.2, -0.15) is 0 Å². The third kappa shape index (κ3) is 3770. The zero-order valence-electron chi connectivity index (χ0n) is 3.76. The summed E-state index contributed by atoms with van der Waals surface area (Å²) in [6.07, 6.45) is -5.50. The summed E-state index contributed by atoms with van der Waals surface area (Å²) >= 11 is 0. The zero-order valence-corrected chi connectivity index (χ0v) is 4.66. The van der Waals surface area contributed by atoms with Gasteiger partial charge in [0.2, 0.25) is 0 Å². The molecule has 3 nitrogen and oxygen atoms in total. The van der Waals surface area contributed by atoms with Crippen molar-refractivity contribution in [2.75, 3.05) is 0 Å². The van der Waals surface area contributed by atoms with Gasteiger partial charge in [-0.1, -0.05) is 0 Å². The Bertz CT molecular complexity index is 78.3. The number of halogens is 4. The maximum atomic E-state index is 9.69. The minimum atomic E-state index is -5.50. The predicted octanol–water partition coefficient (Wildman–Crippen LogP) is 1.10. The van der Waals surface area contributed by atoms with E-state index in [9.17, 15) is 17.6 Å². The quantitative estimate of drug-likeness (QED) is 0.421. The molecular weight excluding hydrogens is 167 g/mol. The van der Waals surface area contributed by atoms with Gasteiger partial charge in [0, 0.05) is 4.57 Å². The van der Waals surface area contributed by atoms with E-state index in [0.717, 1.165) is 0 Å². The average Bonchev–Trinajstić information content (AvgIpc) is 1.19. The molecule has 9 heavy (non-hydrogen) atoms. The van der Waals surface area contributed by atoms with Crippen molar-refractivity contribution in [2.45, 2.75) is 6.43 Å². The van der Waals surface area contributed by atoms with Crippen LogP contribution in [0.25, 0.3) is 0 Å². The molecule has 0 aliphatic heterocycles. The molecule has 0 aromatic carbocycles. The van der Waals surface area contributed by atoms with Crippen molar-refractivity contribution in [3.8, 4) is 0 Å². The van der Waals surface area contributed by atoms with Crippen LogP contribution in [0.5, 0.6) is 0 Å². The first-order valence-electron chi connectivity index (χ1n) is 1.34. The van der Waals surface area contributed by atoms with E-state index in [1.807, 2.05) is 0 Å². The maximum Gasteiger partial charge on any atom is 0.692 e. The molecule has 0 radical (unpaired) electrons. The summed E-state index contributed by atoms with van der Waals surface area (Å²) in [6.45, 7) is 0. The summed E-state index contributed by atoms with van der Waals surface area (Å²) in [6, 6.07) is 0. The highest BCUT2D eigenvalue weighted by atomic mass is 31.1. The highest BCUT2D eigenvalue weighted by Crippen LogP contribution is 2.13. The number of hydrogen-bond donors (Lipinski definition) is 2. The lowest BCUT2D eigenvalue weighted by Gasteiger charge is -1.82. The van der Waals surface area contributed by atoms with Gasteiger partial charge in [0.15, 0.2) is 0 Å². The fourth-order valence-electron chi connectivity index (χ4n) is 0. The van der Waals surface area contributed by atoms with Crippen LogP contribution in [0, 0.1) is 0 Å². The second-order valence-electron chi connectivity index (χ2n) is 0.681. The Labute approximate surface area is 47.9 Å². The van der Waals surface area contributed by atoms with E-state index in [-0.39, 0.29) is 0 Å². The molecule has 56 valence electrons. The minimum Gasteiger partial charge on any atom is -0.140 e. The zero-order chi connectivity index (χ0) is 8.08. The Morgan fingerprint density at radius 1 is 1.11 bits per heavy atom. The topological polar surface area (TPSA) is 57.5 Å². The van der Waals surface area contributed by atoms with Crippen LogP contribution in [-0.4, -0.2) is 16.2 Å². The van der Waals surface area contributed by atoms with Crippen molar-refractivity contribution in [3.63, 3.8) is 0 Å². The average molecular weight is 169 g/mol. The normalized spacial score (nSPS) is 9.56. The monoisotopic (exact) mass is 169 g/mol. The summed E-state index contributed by atoms with van der Waals surface area (Å²) in [5, 5.41) is 0. The lowest BCUT2D eigenvalue weighted by molar-refractivity contribution is -0.237. The molecule has 0 aliphatic carbocycles. The van der Waals surface area contributed by atoms with E-state index in [0.29, 0.717) is 0 Å². The van der Waals surface area contributed by atoms with Crippen molar-refractivity contribution < 1.29 is 31.9 Å². The minimum absolute atomic E-state index is 2.87. The fourth-order valence-corrected chi connectivity index (χ4v) is 0. The van der Waals surface area contributed by atoms with Gasteiger partial charge in [-0.25, -0.2) is 0 Å². The van der Waals surface area contributed by atoms with E-state index in [2.05, 4.69) is 0 Å². The summed E-state index contributed by atoms with van der Waals surface area (Å²) in [5.74, 6) is 0. The standard InChI is InChI=1S/CF4.HO3P/c2-1(3,4)5;1-4(2)3/h;(H-,1,2,3)/p+1. The molecule has 0 saturated heterocycles. The smallest absolute Gasteiger partial charge is 0.140 e. The van der Waals surface area contributed by atoms with Crippen molar-refractivity contribution in [3.05, 3.63) is 0 Å². The summed E-state index contributed by atoms with van der Waals surface area (Å²) < 4.78 is 47.5. The molecule has 0 aromatic heterocycles. The largest absolute Gasteiger partial charge is 0.692 e. The molecule has 0 amide bonds. The fraction of sp³-hybridized carbons (Fsp3) is 1.00. The van der Waals surface area contributed by atoms with Crippen molar-refractivity contribution in [1.29, 1.82) is 0 Å². The van der Waals surface area contributed by atoms with Crippen molar-refractivity contribution in [2.24, 2.45) is 0 Å². The molecule has 0 atom stereocenters. The molecule has 0 unspecified atom stereocenters. The number of alkyl halides is 4. The molecule has 8 heteroatoms. The van der Waals surface area contributed by atoms with Crippen LogP contribution < -0.4 is 0 Å². The van der Waals surface area contributed by atoms with Crippen LogP contribution in [0.15, 0.2) is 0 Å². The molecule has 0 rings (SSSR count). The summed E-state index contributed by atoms with van der Waals surface area (Å²) in [4.78, 5) is 14.2. The molecule has 0 heterocycles. The third-order valence-corrected chi connectivity index (χ3v) is 0. The molecule has 0 spiro atoms. The Morgan fingerprint density at radius 2 is 1.11 bits per heavy atom. The number of hydrogen-bond acceptors (Lipinski definition) is 1. The SMILES string of the molecule is FC(F)(F)F.O=[P+](O)O. The van der Waals surface area contributed by atoms with Gasteiger partial charge < -0.3 is 0 Å². The van der Waals surface area contributed by atoms with Crippen molar-refractivity contribution >= 4 is 8.25 Å². The molecule has 0 fully saturated rings. The van der Waals surface area contributed by atoms with E-state index >= 15 is 0 Å². The van der Waals surface area contributed by atoms with Gasteiger partial charge in [0.1, 0.15) is 0 Å². The summed E-state index contributed by atoms with van der Waals surface area (Å²) in [5.41, 5.74) is 0. The first-order valence-corrected chi connectivity index (χ1v) is 2.50.